The van der Waals surface area contributed by atoms with E-state index in [1.54, 1.807) is 6.92 Å². The van der Waals surface area contributed by atoms with Gasteiger partial charge in [-0.3, -0.25) is 0 Å². The second kappa shape index (κ2) is 9.87. The van der Waals surface area contributed by atoms with E-state index < -0.39 is 12.3 Å². The van der Waals surface area contributed by atoms with Crippen molar-refractivity contribution >= 4 is 5.97 Å². The van der Waals surface area contributed by atoms with E-state index in [9.17, 15) is 4.79 Å². The van der Waals surface area contributed by atoms with Gasteiger partial charge < -0.3 is 25.1 Å². The average Bonchev–Trinajstić information content (AvgIpc) is 2.30. The fourth-order valence-electron chi connectivity index (χ4n) is 1.38. The molecule has 18 heavy (non-hydrogen) atoms. The molecule has 0 bridgehead atoms. The second-order valence-corrected chi connectivity index (χ2v) is 3.52. The van der Waals surface area contributed by atoms with Crippen LogP contribution in [0.2, 0.25) is 0 Å². The van der Waals surface area contributed by atoms with Crippen molar-refractivity contribution in [2.75, 3.05) is 26.4 Å². The first-order valence-electron chi connectivity index (χ1n) is 6.08. The van der Waals surface area contributed by atoms with Crippen LogP contribution in [0.3, 0.4) is 0 Å². The molecule has 0 fully saturated rings. The van der Waals surface area contributed by atoms with E-state index in [0.29, 0.717) is 19.6 Å². The van der Waals surface area contributed by atoms with E-state index in [2.05, 4.69) is 0 Å². The molecule has 0 saturated carbocycles. The highest BCUT2D eigenvalue weighted by Crippen LogP contribution is 2.06. The molecule has 0 amide bonds. The van der Waals surface area contributed by atoms with E-state index in [1.807, 2.05) is 13.8 Å². The number of carboxylic acids is 1. The van der Waals surface area contributed by atoms with Gasteiger partial charge in [-0.15, -0.1) is 0 Å². The van der Waals surface area contributed by atoms with Crippen molar-refractivity contribution in [2.45, 2.75) is 33.5 Å². The zero-order valence-corrected chi connectivity index (χ0v) is 11.3. The molecule has 0 spiro atoms. The lowest BCUT2D eigenvalue weighted by atomic mass is 10.1. The van der Waals surface area contributed by atoms with Gasteiger partial charge in [0, 0.05) is 18.9 Å². The fraction of sp³-hybridized carbons (Fsp3) is 0.750. The SMILES string of the molecule is CCOC(COC/C(N)=C(\CC)C(=O)O)OCC. The quantitative estimate of drug-likeness (QED) is 0.452. The van der Waals surface area contributed by atoms with Gasteiger partial charge in [-0.1, -0.05) is 6.92 Å². The molecule has 0 saturated heterocycles. The molecule has 0 aromatic heterocycles. The molecule has 0 atom stereocenters. The first-order chi connectivity index (χ1) is 8.56. The molecule has 0 aliphatic heterocycles. The summed E-state index contributed by atoms with van der Waals surface area (Å²) in [6.07, 6.45) is -0.0760. The van der Waals surface area contributed by atoms with Crippen LogP contribution < -0.4 is 5.73 Å². The Labute approximate surface area is 108 Å². The van der Waals surface area contributed by atoms with Gasteiger partial charge >= 0.3 is 5.97 Å². The highest BCUT2D eigenvalue weighted by molar-refractivity contribution is 5.87. The molecule has 0 aliphatic carbocycles. The van der Waals surface area contributed by atoms with Crippen molar-refractivity contribution in [3.05, 3.63) is 11.3 Å². The summed E-state index contributed by atoms with van der Waals surface area (Å²) < 4.78 is 15.9. The minimum atomic E-state index is -1.01. The molecule has 0 aromatic carbocycles. The van der Waals surface area contributed by atoms with Gasteiger partial charge in [0.25, 0.3) is 0 Å². The normalized spacial score (nSPS) is 12.7. The van der Waals surface area contributed by atoms with Gasteiger partial charge in [0.1, 0.15) is 0 Å². The molecule has 6 nitrogen and oxygen atoms in total. The lowest BCUT2D eigenvalue weighted by Crippen LogP contribution is -2.25. The molecule has 3 N–H and O–H groups in total. The predicted octanol–water partition coefficient (Wildman–Crippen LogP) is 1.11. The monoisotopic (exact) mass is 261 g/mol. The van der Waals surface area contributed by atoms with Gasteiger partial charge in [-0.05, 0) is 20.3 Å². The summed E-state index contributed by atoms with van der Waals surface area (Å²) in [5, 5.41) is 8.88. The molecule has 0 heterocycles. The Hall–Kier alpha value is -1.11. The summed E-state index contributed by atoms with van der Waals surface area (Å²) in [6.45, 7) is 6.79. The molecular formula is C12H23NO5. The van der Waals surface area contributed by atoms with Crippen molar-refractivity contribution in [2.24, 2.45) is 5.73 Å². The summed E-state index contributed by atoms with van der Waals surface area (Å²) in [5.74, 6) is -1.01. The molecule has 0 aliphatic rings. The predicted molar refractivity (Wildman–Crippen MR) is 67.0 cm³/mol. The first-order valence-corrected chi connectivity index (χ1v) is 6.08. The van der Waals surface area contributed by atoms with Crippen LogP contribution >= 0.6 is 0 Å². The zero-order valence-electron chi connectivity index (χ0n) is 11.3. The summed E-state index contributed by atoms with van der Waals surface area (Å²) >= 11 is 0. The molecule has 0 aromatic rings. The second-order valence-electron chi connectivity index (χ2n) is 3.52. The highest BCUT2D eigenvalue weighted by Gasteiger charge is 2.12. The Morgan fingerprint density at radius 3 is 2.17 bits per heavy atom. The van der Waals surface area contributed by atoms with Crippen LogP contribution in [0.5, 0.6) is 0 Å². The number of carboxylic acid groups (broad SMARTS) is 1. The van der Waals surface area contributed by atoms with E-state index in [4.69, 9.17) is 25.1 Å². The molecule has 0 radical (unpaired) electrons. The lowest BCUT2D eigenvalue weighted by molar-refractivity contribution is -0.165. The number of ether oxygens (including phenoxy) is 3. The standard InChI is InChI=1S/C12H23NO5/c1-4-9(12(14)15)10(13)7-16-8-11(17-5-2)18-6-3/h11H,4-8,13H2,1-3H3,(H,14,15)/b10-9-. The van der Waals surface area contributed by atoms with Gasteiger partial charge in [0.15, 0.2) is 6.29 Å². The summed E-state index contributed by atoms with van der Waals surface area (Å²) in [6, 6.07) is 0. The molecule has 0 rings (SSSR count). The van der Waals surface area contributed by atoms with Gasteiger partial charge in [-0.2, -0.15) is 0 Å². The van der Waals surface area contributed by atoms with E-state index >= 15 is 0 Å². The Morgan fingerprint density at radius 2 is 1.78 bits per heavy atom. The van der Waals surface area contributed by atoms with Gasteiger partial charge in [0.2, 0.25) is 0 Å². The minimum absolute atomic E-state index is 0.0616. The van der Waals surface area contributed by atoms with Crippen LogP contribution in [-0.4, -0.2) is 43.8 Å². The maximum Gasteiger partial charge on any atom is 0.333 e. The zero-order chi connectivity index (χ0) is 14.0. The largest absolute Gasteiger partial charge is 0.478 e. The van der Waals surface area contributed by atoms with E-state index in [-0.39, 0.29) is 24.5 Å². The van der Waals surface area contributed by atoms with Gasteiger partial charge in [-0.25, -0.2) is 4.79 Å². The smallest absolute Gasteiger partial charge is 0.333 e. The topological polar surface area (TPSA) is 91.0 Å². The maximum atomic E-state index is 10.8. The Bertz CT molecular complexity index is 272. The molecule has 0 unspecified atom stereocenters. The first kappa shape index (κ1) is 16.9. The van der Waals surface area contributed by atoms with Crippen molar-refractivity contribution in [3.63, 3.8) is 0 Å². The minimum Gasteiger partial charge on any atom is -0.478 e. The molecule has 6 heteroatoms. The summed E-state index contributed by atoms with van der Waals surface area (Å²) in [5.41, 5.74) is 6.07. The van der Waals surface area contributed by atoms with Crippen LogP contribution in [0.4, 0.5) is 0 Å². The van der Waals surface area contributed by atoms with Gasteiger partial charge in [0.05, 0.1) is 18.8 Å². The van der Waals surface area contributed by atoms with Crippen LogP contribution in [0.1, 0.15) is 27.2 Å². The number of aliphatic carboxylic acids is 1. The van der Waals surface area contributed by atoms with Crippen LogP contribution in [0, 0.1) is 0 Å². The highest BCUT2D eigenvalue weighted by atomic mass is 16.7. The van der Waals surface area contributed by atoms with Crippen LogP contribution in [0.15, 0.2) is 11.3 Å². The third-order valence-corrected chi connectivity index (χ3v) is 2.22. The Kier molecular flexibility index (Phi) is 9.26. The maximum absolute atomic E-state index is 10.8. The Balaban J connectivity index is 4.18. The summed E-state index contributed by atoms with van der Waals surface area (Å²) in [7, 11) is 0. The van der Waals surface area contributed by atoms with E-state index in [1.165, 1.54) is 0 Å². The number of hydrogen-bond acceptors (Lipinski definition) is 5. The number of rotatable bonds is 10. The van der Waals surface area contributed by atoms with Crippen LogP contribution in [0.25, 0.3) is 0 Å². The average molecular weight is 261 g/mol. The van der Waals surface area contributed by atoms with Crippen LogP contribution in [-0.2, 0) is 19.0 Å². The summed E-state index contributed by atoms with van der Waals surface area (Å²) in [4.78, 5) is 10.8. The number of hydrogen-bond donors (Lipinski definition) is 2. The molecule has 106 valence electrons. The van der Waals surface area contributed by atoms with E-state index in [0.717, 1.165) is 0 Å². The fourth-order valence-corrected chi connectivity index (χ4v) is 1.38. The lowest BCUT2D eigenvalue weighted by Gasteiger charge is -2.17. The molecular weight excluding hydrogens is 238 g/mol. The number of carbonyl (C=O) groups is 1. The number of nitrogens with two attached hydrogens (primary N) is 1. The Morgan fingerprint density at radius 1 is 1.22 bits per heavy atom. The van der Waals surface area contributed by atoms with Crippen molar-refractivity contribution in [3.8, 4) is 0 Å². The van der Waals surface area contributed by atoms with Crippen molar-refractivity contribution in [1.29, 1.82) is 0 Å². The third-order valence-electron chi connectivity index (χ3n) is 2.22. The van der Waals surface area contributed by atoms with Crippen molar-refractivity contribution in [1.82, 2.24) is 0 Å². The third kappa shape index (κ3) is 6.58. The van der Waals surface area contributed by atoms with Crippen molar-refractivity contribution < 1.29 is 24.1 Å².